The number of thioether (sulfide) groups is 1. The molecule has 20 heavy (non-hydrogen) atoms. The molecule has 0 unspecified atom stereocenters. The van der Waals surface area contributed by atoms with E-state index in [9.17, 15) is 4.79 Å². The molecule has 1 aromatic heterocycles. The monoisotopic (exact) mass is 294 g/mol. The molecule has 0 saturated carbocycles. The van der Waals surface area contributed by atoms with Crippen LogP contribution in [0.4, 0.5) is 0 Å². The highest BCUT2D eigenvalue weighted by molar-refractivity contribution is 7.99. The molecular formula is C14H22N4OS. The van der Waals surface area contributed by atoms with Crippen LogP contribution in [-0.2, 0) is 11.8 Å². The highest BCUT2D eigenvalue weighted by atomic mass is 32.2. The zero-order valence-corrected chi connectivity index (χ0v) is 13.0. The average Bonchev–Trinajstić information content (AvgIpc) is 2.78. The normalized spacial score (nSPS) is 15.0. The fourth-order valence-corrected chi connectivity index (χ4v) is 2.98. The van der Waals surface area contributed by atoms with Gasteiger partial charge in [0.2, 0.25) is 5.91 Å². The van der Waals surface area contributed by atoms with Crippen molar-refractivity contribution in [3.05, 3.63) is 17.5 Å². The number of nitrogens with zero attached hydrogens (tertiary/aromatic N) is 3. The number of hydrogen-bond acceptors (Lipinski definition) is 4. The van der Waals surface area contributed by atoms with Gasteiger partial charge in [-0.25, -0.2) is 0 Å². The van der Waals surface area contributed by atoms with E-state index in [1.54, 1.807) is 0 Å². The first-order valence-electron chi connectivity index (χ1n) is 7.10. The summed E-state index contributed by atoms with van der Waals surface area (Å²) in [6.45, 7) is 2.64. The Kier molecular flexibility index (Phi) is 5.64. The molecule has 1 heterocycles. The van der Waals surface area contributed by atoms with Gasteiger partial charge in [-0.15, -0.1) is 10.2 Å². The van der Waals surface area contributed by atoms with Crippen LogP contribution >= 0.6 is 11.8 Å². The van der Waals surface area contributed by atoms with Crippen LogP contribution in [0.5, 0.6) is 0 Å². The first-order chi connectivity index (χ1) is 9.66. The number of carbonyl (C=O) groups excluding carboxylic acids is 1. The zero-order chi connectivity index (χ0) is 14.4. The molecule has 0 aromatic carbocycles. The molecular weight excluding hydrogens is 272 g/mol. The largest absolute Gasteiger partial charge is 0.355 e. The Balaban J connectivity index is 1.65. The van der Waals surface area contributed by atoms with E-state index in [0.29, 0.717) is 5.75 Å². The molecule has 2 rings (SSSR count). The highest BCUT2D eigenvalue weighted by Gasteiger charge is 2.09. The summed E-state index contributed by atoms with van der Waals surface area (Å²) in [5.41, 5.74) is 1.49. The predicted octanol–water partition coefficient (Wildman–Crippen LogP) is 2.22. The van der Waals surface area contributed by atoms with Crippen LogP contribution in [0.15, 0.2) is 16.8 Å². The van der Waals surface area contributed by atoms with Crippen LogP contribution in [-0.4, -0.2) is 33.0 Å². The molecule has 0 fully saturated rings. The number of aromatic nitrogens is 3. The molecule has 0 radical (unpaired) electrons. The van der Waals surface area contributed by atoms with Crippen molar-refractivity contribution in [3.63, 3.8) is 0 Å². The van der Waals surface area contributed by atoms with Crippen molar-refractivity contribution in [1.29, 1.82) is 0 Å². The maximum absolute atomic E-state index is 11.8. The minimum Gasteiger partial charge on any atom is -0.355 e. The minimum absolute atomic E-state index is 0.0621. The molecule has 0 atom stereocenters. The van der Waals surface area contributed by atoms with Crippen molar-refractivity contribution in [1.82, 2.24) is 20.1 Å². The van der Waals surface area contributed by atoms with Crippen LogP contribution < -0.4 is 5.32 Å². The number of carbonyl (C=O) groups is 1. The lowest BCUT2D eigenvalue weighted by atomic mass is 9.97. The van der Waals surface area contributed by atoms with Crippen molar-refractivity contribution in [3.8, 4) is 0 Å². The summed E-state index contributed by atoms with van der Waals surface area (Å²) < 4.78 is 1.89. The number of amides is 1. The maximum atomic E-state index is 11.8. The molecule has 1 aliphatic rings. The summed E-state index contributed by atoms with van der Waals surface area (Å²) in [6, 6.07) is 0. The summed E-state index contributed by atoms with van der Waals surface area (Å²) in [7, 11) is 1.91. The third-order valence-electron chi connectivity index (χ3n) is 3.54. The Morgan fingerprint density at radius 2 is 2.30 bits per heavy atom. The van der Waals surface area contributed by atoms with E-state index < -0.39 is 0 Å². The van der Waals surface area contributed by atoms with Gasteiger partial charge in [-0.3, -0.25) is 4.79 Å². The Morgan fingerprint density at radius 1 is 1.45 bits per heavy atom. The Bertz CT molecular complexity index is 495. The van der Waals surface area contributed by atoms with Gasteiger partial charge in [0.15, 0.2) is 5.16 Å². The second kappa shape index (κ2) is 7.47. The molecule has 0 saturated heterocycles. The Morgan fingerprint density at radius 3 is 2.95 bits per heavy atom. The van der Waals surface area contributed by atoms with Crippen LogP contribution in [0, 0.1) is 6.92 Å². The SMILES string of the molecule is Cc1nnc(SCC(=O)NCCC2=CCCCC2)n1C. The molecule has 110 valence electrons. The first kappa shape index (κ1) is 15.1. The second-order valence-corrected chi connectivity index (χ2v) is 6.03. The fraction of sp³-hybridized carbons (Fsp3) is 0.643. The number of allylic oxidation sites excluding steroid dienone is 1. The summed E-state index contributed by atoms with van der Waals surface area (Å²) in [4.78, 5) is 11.8. The quantitative estimate of drug-likeness (QED) is 0.645. The lowest BCUT2D eigenvalue weighted by Gasteiger charge is -2.12. The van der Waals surface area contributed by atoms with Crippen molar-refractivity contribution in [2.45, 2.75) is 44.2 Å². The van der Waals surface area contributed by atoms with E-state index >= 15 is 0 Å². The van der Waals surface area contributed by atoms with Crippen LogP contribution in [0.3, 0.4) is 0 Å². The third kappa shape index (κ3) is 4.37. The van der Waals surface area contributed by atoms with Gasteiger partial charge >= 0.3 is 0 Å². The average molecular weight is 294 g/mol. The van der Waals surface area contributed by atoms with Gasteiger partial charge in [-0.1, -0.05) is 23.4 Å². The Labute approximate surface area is 124 Å². The van der Waals surface area contributed by atoms with Crippen molar-refractivity contribution >= 4 is 17.7 Å². The maximum Gasteiger partial charge on any atom is 0.230 e. The van der Waals surface area contributed by atoms with Crippen molar-refractivity contribution in [2.75, 3.05) is 12.3 Å². The van der Waals surface area contributed by atoms with E-state index in [4.69, 9.17) is 0 Å². The lowest BCUT2D eigenvalue weighted by Crippen LogP contribution is -2.26. The lowest BCUT2D eigenvalue weighted by molar-refractivity contribution is -0.118. The van der Waals surface area contributed by atoms with Gasteiger partial charge < -0.3 is 9.88 Å². The van der Waals surface area contributed by atoms with Gasteiger partial charge in [0.1, 0.15) is 5.82 Å². The third-order valence-corrected chi connectivity index (χ3v) is 4.56. The molecule has 0 spiro atoms. The van der Waals surface area contributed by atoms with E-state index in [-0.39, 0.29) is 5.91 Å². The number of rotatable bonds is 6. The minimum atomic E-state index is 0.0621. The van der Waals surface area contributed by atoms with E-state index in [2.05, 4.69) is 21.6 Å². The van der Waals surface area contributed by atoms with Gasteiger partial charge in [-0.2, -0.15) is 0 Å². The summed E-state index contributed by atoms with van der Waals surface area (Å²) in [5, 5.41) is 11.8. The number of aryl methyl sites for hydroxylation is 1. The van der Waals surface area contributed by atoms with Crippen molar-refractivity contribution < 1.29 is 4.79 Å². The molecule has 1 aromatic rings. The number of nitrogens with one attached hydrogen (secondary N) is 1. The first-order valence-corrected chi connectivity index (χ1v) is 8.09. The molecule has 6 heteroatoms. The van der Waals surface area contributed by atoms with E-state index in [1.165, 1.54) is 43.0 Å². The topological polar surface area (TPSA) is 59.8 Å². The summed E-state index contributed by atoms with van der Waals surface area (Å²) >= 11 is 1.42. The fourth-order valence-electron chi connectivity index (χ4n) is 2.19. The highest BCUT2D eigenvalue weighted by Crippen LogP contribution is 2.19. The Hall–Kier alpha value is -1.30. The molecule has 1 aliphatic carbocycles. The second-order valence-electron chi connectivity index (χ2n) is 5.09. The summed E-state index contributed by atoms with van der Waals surface area (Å²) in [6.07, 6.45) is 8.31. The van der Waals surface area contributed by atoms with Gasteiger partial charge in [0.25, 0.3) is 0 Å². The van der Waals surface area contributed by atoms with Crippen molar-refractivity contribution in [2.24, 2.45) is 7.05 Å². The van der Waals surface area contributed by atoms with E-state index in [1.807, 2.05) is 18.5 Å². The molecule has 5 nitrogen and oxygen atoms in total. The molecule has 0 aliphatic heterocycles. The predicted molar refractivity (Wildman–Crippen MR) is 80.6 cm³/mol. The smallest absolute Gasteiger partial charge is 0.230 e. The zero-order valence-electron chi connectivity index (χ0n) is 12.2. The van der Waals surface area contributed by atoms with Crippen LogP contribution in [0.2, 0.25) is 0 Å². The molecule has 1 N–H and O–H groups in total. The number of hydrogen-bond donors (Lipinski definition) is 1. The van der Waals surface area contributed by atoms with Gasteiger partial charge in [-0.05, 0) is 39.0 Å². The van der Waals surface area contributed by atoms with Crippen LogP contribution in [0.25, 0.3) is 0 Å². The molecule has 0 bridgehead atoms. The molecule has 1 amide bonds. The standard InChI is InChI=1S/C14H22N4OS/c1-11-16-17-14(18(11)2)20-10-13(19)15-9-8-12-6-4-3-5-7-12/h6H,3-5,7-10H2,1-2H3,(H,15,19). The van der Waals surface area contributed by atoms with Crippen LogP contribution in [0.1, 0.15) is 37.9 Å². The summed E-state index contributed by atoms with van der Waals surface area (Å²) in [5.74, 6) is 1.31. The van der Waals surface area contributed by atoms with E-state index in [0.717, 1.165) is 23.9 Å². The van der Waals surface area contributed by atoms with Gasteiger partial charge in [0, 0.05) is 13.6 Å². The van der Waals surface area contributed by atoms with Gasteiger partial charge in [0.05, 0.1) is 5.75 Å².